The molecule has 3 nitrogen and oxygen atoms in total. The third-order valence-electron chi connectivity index (χ3n) is 2.42. The molecule has 0 aliphatic rings. The van der Waals surface area contributed by atoms with Gasteiger partial charge in [-0.1, -0.05) is 30.3 Å². The number of hydrogen-bond donors (Lipinski definition) is 0. The van der Waals surface area contributed by atoms with Gasteiger partial charge in [-0.2, -0.15) is 0 Å². The number of hydrogen-bond acceptors (Lipinski definition) is 3. The van der Waals surface area contributed by atoms with Gasteiger partial charge < -0.3 is 9.47 Å². The molecule has 0 aliphatic heterocycles. The second-order valence-electron chi connectivity index (χ2n) is 4.37. The summed E-state index contributed by atoms with van der Waals surface area (Å²) in [6.45, 7) is 3.64. The number of benzene rings is 2. The second-order valence-corrected chi connectivity index (χ2v) is 4.37. The highest BCUT2D eigenvalue weighted by atomic mass is 16.5. The Labute approximate surface area is 112 Å². The lowest BCUT2D eigenvalue weighted by atomic mass is 10.2. The van der Waals surface area contributed by atoms with Gasteiger partial charge >= 0.3 is 5.97 Å². The van der Waals surface area contributed by atoms with Crippen LogP contribution in [0.2, 0.25) is 0 Å². The smallest absolute Gasteiger partial charge is 0.342 e. The van der Waals surface area contributed by atoms with E-state index in [9.17, 15) is 4.79 Å². The quantitative estimate of drug-likeness (QED) is 0.774. The van der Waals surface area contributed by atoms with Crippen LogP contribution < -0.4 is 4.74 Å². The highest BCUT2D eigenvalue weighted by Crippen LogP contribution is 2.25. The number of para-hydroxylation sites is 2. The average molecular weight is 256 g/mol. The molecule has 2 aromatic rings. The minimum absolute atomic E-state index is 0.155. The number of carbonyl (C=O) groups is 1. The van der Waals surface area contributed by atoms with Crippen molar-refractivity contribution in [3.05, 3.63) is 60.2 Å². The summed E-state index contributed by atoms with van der Waals surface area (Å²) in [6.07, 6.45) is -0.155. The predicted octanol–water partition coefficient (Wildman–Crippen LogP) is 4.04. The summed E-state index contributed by atoms with van der Waals surface area (Å²) in [4.78, 5) is 12.0. The molecule has 0 unspecified atom stereocenters. The molecule has 0 heterocycles. The fourth-order valence-electron chi connectivity index (χ4n) is 1.62. The molecule has 2 rings (SSSR count). The highest BCUT2D eigenvalue weighted by Gasteiger charge is 2.15. The van der Waals surface area contributed by atoms with Gasteiger partial charge in [0.2, 0.25) is 0 Å². The van der Waals surface area contributed by atoms with Gasteiger partial charge in [-0.25, -0.2) is 4.79 Å². The van der Waals surface area contributed by atoms with Crippen LogP contribution in [0.1, 0.15) is 24.2 Å². The predicted molar refractivity (Wildman–Crippen MR) is 73.5 cm³/mol. The van der Waals surface area contributed by atoms with Crippen molar-refractivity contribution in [1.29, 1.82) is 0 Å². The van der Waals surface area contributed by atoms with E-state index < -0.39 is 0 Å². The Kier molecular flexibility index (Phi) is 4.18. The van der Waals surface area contributed by atoms with Crippen molar-refractivity contribution in [2.75, 3.05) is 0 Å². The summed E-state index contributed by atoms with van der Waals surface area (Å²) in [5.74, 6) is 0.813. The molecule has 0 fully saturated rings. The van der Waals surface area contributed by atoms with Crippen LogP contribution >= 0.6 is 0 Å². The molecule has 0 aromatic heterocycles. The van der Waals surface area contributed by atoms with E-state index in [1.807, 2.05) is 50.2 Å². The van der Waals surface area contributed by atoms with E-state index in [0.717, 1.165) is 0 Å². The van der Waals surface area contributed by atoms with Gasteiger partial charge in [0, 0.05) is 0 Å². The van der Waals surface area contributed by atoms with Crippen LogP contribution in [0.5, 0.6) is 11.5 Å². The largest absolute Gasteiger partial charge is 0.459 e. The second kappa shape index (κ2) is 6.05. The monoisotopic (exact) mass is 256 g/mol. The fraction of sp³-hybridized carbons (Fsp3) is 0.188. The third-order valence-corrected chi connectivity index (χ3v) is 2.42. The molecule has 0 saturated heterocycles. The Morgan fingerprint density at radius 1 is 0.947 bits per heavy atom. The molecule has 3 heteroatoms. The Morgan fingerprint density at radius 3 is 2.26 bits per heavy atom. The standard InChI is InChI=1S/C16H16O3/c1-12(2)18-16(17)14-10-6-7-11-15(14)19-13-8-4-3-5-9-13/h3-12H,1-2H3. The van der Waals surface area contributed by atoms with Crippen molar-refractivity contribution in [3.8, 4) is 11.5 Å². The van der Waals surface area contributed by atoms with Gasteiger partial charge in [0.1, 0.15) is 17.1 Å². The Balaban J connectivity index is 2.24. The van der Waals surface area contributed by atoms with Gasteiger partial charge in [0.25, 0.3) is 0 Å². The minimum Gasteiger partial charge on any atom is -0.459 e. The number of esters is 1. The molecule has 98 valence electrons. The van der Waals surface area contributed by atoms with E-state index in [1.54, 1.807) is 18.2 Å². The number of ether oxygens (including phenoxy) is 2. The van der Waals surface area contributed by atoms with Crippen LogP contribution in [0.3, 0.4) is 0 Å². The van der Waals surface area contributed by atoms with Crippen molar-refractivity contribution >= 4 is 5.97 Å². The van der Waals surface area contributed by atoms with Gasteiger partial charge in [0.05, 0.1) is 6.10 Å². The summed E-state index contributed by atoms with van der Waals surface area (Å²) in [5, 5.41) is 0. The van der Waals surface area contributed by atoms with Gasteiger partial charge in [-0.3, -0.25) is 0 Å². The lowest BCUT2D eigenvalue weighted by Crippen LogP contribution is -2.12. The molecule has 0 saturated carbocycles. The van der Waals surface area contributed by atoms with Gasteiger partial charge in [-0.15, -0.1) is 0 Å². The lowest BCUT2D eigenvalue weighted by Gasteiger charge is -2.12. The molecule has 0 N–H and O–H groups in total. The maximum atomic E-state index is 12.0. The van der Waals surface area contributed by atoms with Crippen molar-refractivity contribution in [1.82, 2.24) is 0 Å². The zero-order valence-corrected chi connectivity index (χ0v) is 11.0. The maximum Gasteiger partial charge on any atom is 0.342 e. The molecule has 19 heavy (non-hydrogen) atoms. The maximum absolute atomic E-state index is 12.0. The van der Waals surface area contributed by atoms with Crippen molar-refractivity contribution in [3.63, 3.8) is 0 Å². The molecule has 0 aliphatic carbocycles. The normalized spacial score (nSPS) is 10.3. The van der Waals surface area contributed by atoms with E-state index in [4.69, 9.17) is 9.47 Å². The number of rotatable bonds is 4. The summed E-state index contributed by atoms with van der Waals surface area (Å²) in [7, 11) is 0. The van der Waals surface area contributed by atoms with Gasteiger partial charge in [-0.05, 0) is 38.1 Å². The molecule has 0 bridgehead atoms. The Morgan fingerprint density at radius 2 is 1.58 bits per heavy atom. The zero-order chi connectivity index (χ0) is 13.7. The Hall–Kier alpha value is -2.29. The van der Waals surface area contributed by atoms with Gasteiger partial charge in [0.15, 0.2) is 0 Å². The molecule has 0 atom stereocenters. The summed E-state index contributed by atoms with van der Waals surface area (Å²) in [6, 6.07) is 16.4. The van der Waals surface area contributed by atoms with Crippen LogP contribution in [0, 0.1) is 0 Å². The first-order valence-electron chi connectivity index (χ1n) is 6.19. The molecular weight excluding hydrogens is 240 g/mol. The first kappa shape index (κ1) is 13.1. The van der Waals surface area contributed by atoms with Crippen LogP contribution in [0.25, 0.3) is 0 Å². The molecular formula is C16H16O3. The minimum atomic E-state index is -0.374. The SMILES string of the molecule is CC(C)OC(=O)c1ccccc1Oc1ccccc1. The van der Waals surface area contributed by atoms with Crippen molar-refractivity contribution in [2.45, 2.75) is 20.0 Å². The van der Waals surface area contributed by atoms with E-state index in [-0.39, 0.29) is 12.1 Å². The summed E-state index contributed by atoms with van der Waals surface area (Å²) >= 11 is 0. The van der Waals surface area contributed by atoms with E-state index in [1.165, 1.54) is 0 Å². The Bertz CT molecular complexity index is 547. The fourth-order valence-corrected chi connectivity index (χ4v) is 1.62. The lowest BCUT2D eigenvalue weighted by molar-refractivity contribution is 0.0375. The first-order chi connectivity index (χ1) is 9.16. The van der Waals surface area contributed by atoms with Crippen LogP contribution in [-0.4, -0.2) is 12.1 Å². The van der Waals surface area contributed by atoms with E-state index >= 15 is 0 Å². The molecule has 0 amide bonds. The van der Waals surface area contributed by atoms with Crippen molar-refractivity contribution < 1.29 is 14.3 Å². The topological polar surface area (TPSA) is 35.5 Å². The third kappa shape index (κ3) is 3.58. The highest BCUT2D eigenvalue weighted by molar-refractivity contribution is 5.92. The molecule has 2 aromatic carbocycles. The first-order valence-corrected chi connectivity index (χ1v) is 6.19. The van der Waals surface area contributed by atoms with Crippen molar-refractivity contribution in [2.24, 2.45) is 0 Å². The van der Waals surface area contributed by atoms with E-state index in [0.29, 0.717) is 17.1 Å². The summed E-state index contributed by atoms with van der Waals surface area (Å²) in [5.41, 5.74) is 0.431. The average Bonchev–Trinajstić information content (AvgIpc) is 2.39. The molecule has 0 radical (unpaired) electrons. The van der Waals surface area contributed by atoms with Crippen LogP contribution in [0.15, 0.2) is 54.6 Å². The zero-order valence-electron chi connectivity index (χ0n) is 11.0. The van der Waals surface area contributed by atoms with Crippen LogP contribution in [0.4, 0.5) is 0 Å². The van der Waals surface area contributed by atoms with E-state index in [2.05, 4.69) is 0 Å². The van der Waals surface area contributed by atoms with Crippen LogP contribution in [-0.2, 0) is 4.74 Å². The molecule has 0 spiro atoms. The summed E-state index contributed by atoms with van der Waals surface area (Å²) < 4.78 is 10.9. The number of carbonyl (C=O) groups excluding carboxylic acids is 1.